The number of fused-ring (bicyclic) bond motifs is 1. The average Bonchev–Trinajstić information content (AvgIpc) is 3.45. The number of carbonyl (C=O) groups excluding carboxylic acids is 2. The molecule has 0 fully saturated rings. The van der Waals surface area contributed by atoms with E-state index in [1.807, 2.05) is 22.9 Å². The van der Waals surface area contributed by atoms with Crippen molar-refractivity contribution in [2.75, 3.05) is 6.54 Å². The minimum absolute atomic E-state index is 0.270. The third-order valence-corrected chi connectivity index (χ3v) is 5.88. The van der Waals surface area contributed by atoms with Crippen molar-refractivity contribution in [2.45, 2.75) is 13.0 Å². The molecule has 0 aliphatic heterocycles. The molecule has 3 heterocycles. The van der Waals surface area contributed by atoms with Gasteiger partial charge in [-0.05, 0) is 23.6 Å². The van der Waals surface area contributed by atoms with E-state index in [0.29, 0.717) is 29.3 Å². The zero-order valence-corrected chi connectivity index (χ0v) is 16.7. The number of aromatic nitrogens is 3. The Hall–Kier alpha value is -3.11. The SMILES string of the molecule is O=C(NCCc1csc2nc(-c3ccccc3F)nn12)C(=O)NCc1cccs1. The van der Waals surface area contributed by atoms with E-state index in [-0.39, 0.29) is 12.4 Å². The molecule has 0 aliphatic carbocycles. The van der Waals surface area contributed by atoms with Crippen LogP contribution < -0.4 is 10.6 Å². The molecule has 10 heteroatoms. The smallest absolute Gasteiger partial charge is 0.309 e. The Labute approximate surface area is 173 Å². The molecule has 0 radical (unpaired) electrons. The highest BCUT2D eigenvalue weighted by Crippen LogP contribution is 2.23. The van der Waals surface area contributed by atoms with Crippen LogP contribution in [0.15, 0.2) is 47.2 Å². The molecule has 3 aromatic heterocycles. The van der Waals surface area contributed by atoms with E-state index < -0.39 is 11.8 Å². The molecule has 0 saturated heterocycles. The third-order valence-electron chi connectivity index (χ3n) is 4.14. The Bertz CT molecular complexity index is 1150. The van der Waals surface area contributed by atoms with Crippen molar-refractivity contribution in [3.8, 4) is 11.4 Å². The van der Waals surface area contributed by atoms with Crippen molar-refractivity contribution in [2.24, 2.45) is 0 Å². The number of thiazole rings is 1. The highest BCUT2D eigenvalue weighted by Gasteiger charge is 2.16. The van der Waals surface area contributed by atoms with E-state index in [4.69, 9.17) is 0 Å². The summed E-state index contributed by atoms with van der Waals surface area (Å²) >= 11 is 2.89. The summed E-state index contributed by atoms with van der Waals surface area (Å²) < 4.78 is 15.6. The topological polar surface area (TPSA) is 88.4 Å². The largest absolute Gasteiger partial charge is 0.347 e. The number of amides is 2. The number of nitrogens with zero attached hydrogens (tertiary/aromatic N) is 3. The van der Waals surface area contributed by atoms with Crippen LogP contribution in [0.1, 0.15) is 10.6 Å². The van der Waals surface area contributed by atoms with Crippen LogP contribution in [0.4, 0.5) is 4.39 Å². The van der Waals surface area contributed by atoms with Gasteiger partial charge in [0.15, 0.2) is 5.82 Å². The summed E-state index contributed by atoms with van der Waals surface area (Å²) in [5.41, 5.74) is 1.16. The number of halogens is 1. The lowest BCUT2D eigenvalue weighted by atomic mass is 10.2. The molecular weight excluding hydrogens is 413 g/mol. The highest BCUT2D eigenvalue weighted by atomic mass is 32.1. The van der Waals surface area contributed by atoms with Gasteiger partial charge < -0.3 is 10.6 Å². The normalized spacial score (nSPS) is 10.9. The fourth-order valence-corrected chi connectivity index (χ4v) is 4.20. The first-order valence-corrected chi connectivity index (χ1v) is 10.5. The predicted octanol–water partition coefficient (Wildman–Crippen LogP) is 2.63. The Morgan fingerprint density at radius 3 is 2.69 bits per heavy atom. The first kappa shape index (κ1) is 19.2. The molecule has 0 saturated carbocycles. The molecule has 7 nitrogen and oxygen atoms in total. The van der Waals surface area contributed by atoms with Gasteiger partial charge in [-0.25, -0.2) is 8.91 Å². The number of rotatable bonds is 6. The lowest BCUT2D eigenvalue weighted by molar-refractivity contribution is -0.139. The van der Waals surface area contributed by atoms with E-state index in [1.165, 1.54) is 28.7 Å². The standard InChI is InChI=1S/C19H16FN5O2S2/c20-15-6-2-1-5-14(15)16-23-19-25(24-16)12(11-29-19)7-8-21-17(26)18(27)22-10-13-4-3-9-28-13/h1-6,9,11H,7-8,10H2,(H,21,26)(H,22,27). The molecule has 0 bridgehead atoms. The van der Waals surface area contributed by atoms with Crippen LogP contribution in [0.5, 0.6) is 0 Å². The second-order valence-corrected chi connectivity index (χ2v) is 7.97. The van der Waals surface area contributed by atoms with Gasteiger partial charge in [-0.3, -0.25) is 9.59 Å². The minimum atomic E-state index is -0.682. The van der Waals surface area contributed by atoms with Crippen LogP contribution in [-0.2, 0) is 22.6 Å². The summed E-state index contributed by atoms with van der Waals surface area (Å²) in [7, 11) is 0. The van der Waals surface area contributed by atoms with Crippen LogP contribution in [0.25, 0.3) is 16.3 Å². The molecule has 148 valence electrons. The average molecular weight is 430 g/mol. The molecular formula is C19H16FN5O2S2. The molecule has 0 aliphatic rings. The molecule has 4 aromatic rings. The van der Waals surface area contributed by atoms with Crippen molar-refractivity contribution >= 4 is 39.4 Å². The lowest BCUT2D eigenvalue weighted by Gasteiger charge is -2.05. The summed E-state index contributed by atoms with van der Waals surface area (Å²) in [5.74, 6) is -1.42. The Balaban J connectivity index is 1.34. The maximum Gasteiger partial charge on any atom is 0.309 e. The zero-order chi connectivity index (χ0) is 20.2. The fraction of sp³-hybridized carbons (Fsp3) is 0.158. The van der Waals surface area contributed by atoms with Crippen molar-refractivity contribution in [3.63, 3.8) is 0 Å². The van der Waals surface area contributed by atoms with Crippen LogP contribution in [0.2, 0.25) is 0 Å². The fourth-order valence-electron chi connectivity index (χ4n) is 2.70. The first-order valence-electron chi connectivity index (χ1n) is 8.78. The second-order valence-electron chi connectivity index (χ2n) is 6.10. The van der Waals surface area contributed by atoms with Gasteiger partial charge >= 0.3 is 11.8 Å². The molecule has 1 aromatic carbocycles. The third kappa shape index (κ3) is 4.33. The molecule has 0 spiro atoms. The van der Waals surface area contributed by atoms with Gasteiger partial charge in [0.1, 0.15) is 5.82 Å². The molecule has 2 amide bonds. The molecule has 0 atom stereocenters. The van der Waals surface area contributed by atoms with E-state index in [9.17, 15) is 14.0 Å². The molecule has 4 rings (SSSR count). The van der Waals surface area contributed by atoms with Crippen LogP contribution in [-0.4, -0.2) is 33.0 Å². The number of hydrogen-bond donors (Lipinski definition) is 2. The van der Waals surface area contributed by atoms with E-state index in [1.54, 1.807) is 22.7 Å². The Kier molecular flexibility index (Phi) is 5.63. The van der Waals surface area contributed by atoms with Gasteiger partial charge in [0, 0.05) is 23.2 Å². The van der Waals surface area contributed by atoms with Gasteiger partial charge in [0.25, 0.3) is 0 Å². The van der Waals surface area contributed by atoms with Crippen molar-refractivity contribution < 1.29 is 14.0 Å². The van der Waals surface area contributed by atoms with Gasteiger partial charge in [-0.15, -0.1) is 27.8 Å². The lowest BCUT2D eigenvalue weighted by Crippen LogP contribution is -2.40. The summed E-state index contributed by atoms with van der Waals surface area (Å²) in [4.78, 5) is 29.8. The number of hydrogen-bond acceptors (Lipinski definition) is 6. The highest BCUT2D eigenvalue weighted by molar-refractivity contribution is 7.15. The van der Waals surface area contributed by atoms with E-state index in [0.717, 1.165) is 10.6 Å². The summed E-state index contributed by atoms with van der Waals surface area (Å²) in [6.07, 6.45) is 0.462. The van der Waals surface area contributed by atoms with E-state index in [2.05, 4.69) is 20.7 Å². The monoisotopic (exact) mass is 429 g/mol. The van der Waals surface area contributed by atoms with Crippen molar-refractivity contribution in [3.05, 3.63) is 63.5 Å². The number of nitrogens with one attached hydrogen (secondary N) is 2. The van der Waals surface area contributed by atoms with E-state index >= 15 is 0 Å². The first-order chi connectivity index (χ1) is 14.1. The Morgan fingerprint density at radius 1 is 1.07 bits per heavy atom. The summed E-state index contributed by atoms with van der Waals surface area (Å²) in [6.45, 7) is 0.596. The Morgan fingerprint density at radius 2 is 1.90 bits per heavy atom. The molecule has 29 heavy (non-hydrogen) atoms. The van der Waals surface area contributed by atoms with Crippen molar-refractivity contribution in [1.29, 1.82) is 0 Å². The van der Waals surface area contributed by atoms with Gasteiger partial charge in [0.05, 0.1) is 17.8 Å². The van der Waals surface area contributed by atoms with Crippen LogP contribution >= 0.6 is 22.7 Å². The maximum absolute atomic E-state index is 14.0. The van der Waals surface area contributed by atoms with Gasteiger partial charge in [-0.2, -0.15) is 4.98 Å². The quantitative estimate of drug-likeness (QED) is 0.461. The zero-order valence-electron chi connectivity index (χ0n) is 15.1. The summed E-state index contributed by atoms with van der Waals surface area (Å²) in [5, 5.41) is 13.3. The van der Waals surface area contributed by atoms with Crippen molar-refractivity contribution in [1.82, 2.24) is 25.2 Å². The summed E-state index contributed by atoms with van der Waals surface area (Å²) in [6, 6.07) is 10.1. The number of benzene rings is 1. The molecule has 2 N–H and O–H groups in total. The maximum atomic E-state index is 14.0. The van der Waals surface area contributed by atoms with Gasteiger partial charge in [-0.1, -0.05) is 18.2 Å². The minimum Gasteiger partial charge on any atom is -0.347 e. The van der Waals surface area contributed by atoms with Crippen LogP contribution in [0, 0.1) is 5.82 Å². The number of carbonyl (C=O) groups is 2. The van der Waals surface area contributed by atoms with Gasteiger partial charge in [0.2, 0.25) is 4.96 Å². The van der Waals surface area contributed by atoms with Crippen LogP contribution in [0.3, 0.4) is 0 Å². The second kappa shape index (κ2) is 8.50. The number of thiophene rings is 1. The predicted molar refractivity (Wildman–Crippen MR) is 109 cm³/mol. The molecule has 0 unspecified atom stereocenters.